The molecular formula is C27H25N3O4S. The summed E-state index contributed by atoms with van der Waals surface area (Å²) in [6.45, 7) is 0.779. The molecule has 1 aromatic heterocycles. The van der Waals surface area contributed by atoms with E-state index >= 15 is 0 Å². The van der Waals surface area contributed by atoms with Gasteiger partial charge in [-0.1, -0.05) is 24.3 Å². The fourth-order valence-corrected chi connectivity index (χ4v) is 5.04. The summed E-state index contributed by atoms with van der Waals surface area (Å²) in [7, 11) is 3.16. The topological polar surface area (TPSA) is 85.1 Å². The zero-order valence-electron chi connectivity index (χ0n) is 19.4. The molecule has 0 amide bonds. The lowest BCUT2D eigenvalue weighted by atomic mass is 9.90. The molecule has 8 heteroatoms. The minimum Gasteiger partial charge on any atom is -0.859 e. The molecule has 0 aliphatic carbocycles. The van der Waals surface area contributed by atoms with E-state index in [0.717, 1.165) is 24.1 Å². The summed E-state index contributed by atoms with van der Waals surface area (Å²) < 4.78 is 13.5. The van der Waals surface area contributed by atoms with Gasteiger partial charge in [0.1, 0.15) is 17.5 Å². The molecule has 5 rings (SSSR count). The summed E-state index contributed by atoms with van der Waals surface area (Å²) >= 11 is 5.75. The normalized spacial score (nSPS) is 14.9. The number of quaternary nitrogens is 1. The van der Waals surface area contributed by atoms with Crippen molar-refractivity contribution in [1.82, 2.24) is 9.13 Å². The summed E-state index contributed by atoms with van der Waals surface area (Å²) in [5.74, 6) is 0.907. The second-order valence-corrected chi connectivity index (χ2v) is 8.69. The molecule has 1 aliphatic heterocycles. The van der Waals surface area contributed by atoms with Crippen LogP contribution < -0.4 is 25.5 Å². The highest BCUT2D eigenvalue weighted by atomic mass is 32.1. The quantitative estimate of drug-likeness (QED) is 0.438. The average molecular weight is 488 g/mol. The molecule has 3 aromatic carbocycles. The summed E-state index contributed by atoms with van der Waals surface area (Å²) in [4.78, 5) is 14.0. The summed E-state index contributed by atoms with van der Waals surface area (Å²) in [5.41, 5.74) is 3.02. The van der Waals surface area contributed by atoms with Gasteiger partial charge >= 0.3 is 0 Å². The Morgan fingerprint density at radius 3 is 2.06 bits per heavy atom. The van der Waals surface area contributed by atoms with Crippen LogP contribution in [0.2, 0.25) is 0 Å². The fourth-order valence-electron chi connectivity index (χ4n) is 4.66. The van der Waals surface area contributed by atoms with Gasteiger partial charge in [-0.2, -0.15) is 0 Å². The number of rotatable bonds is 5. The Labute approximate surface area is 207 Å². The molecule has 0 fully saturated rings. The largest absolute Gasteiger partial charge is 0.859 e. The number of hydrogen-bond acceptors (Lipinski definition) is 5. The van der Waals surface area contributed by atoms with Crippen LogP contribution in [0.3, 0.4) is 0 Å². The Morgan fingerprint density at radius 2 is 1.46 bits per heavy atom. The number of fused-ring (bicyclic) bond motifs is 1. The van der Waals surface area contributed by atoms with Crippen molar-refractivity contribution >= 4 is 12.2 Å². The molecular weight excluding hydrogens is 462 g/mol. The van der Waals surface area contributed by atoms with Crippen molar-refractivity contribution in [3.8, 4) is 28.8 Å². The Kier molecular flexibility index (Phi) is 6.15. The van der Waals surface area contributed by atoms with Gasteiger partial charge in [0.05, 0.1) is 32.0 Å². The van der Waals surface area contributed by atoms with Crippen LogP contribution in [0.15, 0.2) is 77.6 Å². The van der Waals surface area contributed by atoms with E-state index in [-0.39, 0.29) is 10.3 Å². The highest BCUT2D eigenvalue weighted by Gasteiger charge is 2.30. The second-order valence-electron chi connectivity index (χ2n) is 8.32. The first kappa shape index (κ1) is 22.9. The van der Waals surface area contributed by atoms with Gasteiger partial charge in [-0.05, 0) is 72.2 Å². The maximum atomic E-state index is 14.0. The minimum absolute atomic E-state index is 0.100. The van der Waals surface area contributed by atoms with Crippen LogP contribution in [0, 0.1) is 4.77 Å². The van der Waals surface area contributed by atoms with Gasteiger partial charge < -0.3 is 24.5 Å². The first-order valence-electron chi connectivity index (χ1n) is 11.3. The Hall–Kier alpha value is -3.88. The van der Waals surface area contributed by atoms with Crippen LogP contribution in [0.1, 0.15) is 22.7 Å². The van der Waals surface area contributed by atoms with Gasteiger partial charge in [0, 0.05) is 17.7 Å². The lowest BCUT2D eigenvalue weighted by Crippen LogP contribution is -2.87. The molecule has 1 aliphatic rings. The van der Waals surface area contributed by atoms with E-state index < -0.39 is 17.5 Å². The first-order valence-corrected chi connectivity index (χ1v) is 11.7. The average Bonchev–Trinajstić information content (AvgIpc) is 2.89. The standard InChI is InChI=1S/C27H25N3O4S/c1-33-20-11-7-18(8-12-20)29-25(31)23(24-22-6-4-3-5-17(22)15-16-28-24)26(32)30(27(29)35)19-9-13-21(34-2)14-10-19/h3-14,24,28,31H,15-16H2,1-2H3. The summed E-state index contributed by atoms with van der Waals surface area (Å²) in [5, 5.41) is 16.0. The minimum atomic E-state index is -0.426. The first-order chi connectivity index (χ1) is 17.0. The van der Waals surface area contributed by atoms with Crippen molar-refractivity contribution in [3.63, 3.8) is 0 Å². The maximum Gasteiger partial charge on any atom is 0.267 e. The number of aromatic nitrogens is 2. The van der Waals surface area contributed by atoms with Crippen molar-refractivity contribution in [2.24, 2.45) is 0 Å². The van der Waals surface area contributed by atoms with Crippen molar-refractivity contribution in [1.29, 1.82) is 0 Å². The van der Waals surface area contributed by atoms with E-state index in [0.29, 0.717) is 22.9 Å². The summed E-state index contributed by atoms with van der Waals surface area (Å²) in [6.07, 6.45) is 0.880. The Bertz CT molecular complexity index is 1490. The van der Waals surface area contributed by atoms with Gasteiger partial charge in [-0.15, -0.1) is 0 Å². The lowest BCUT2D eigenvalue weighted by molar-refractivity contribution is -0.690. The third-order valence-electron chi connectivity index (χ3n) is 6.43. The van der Waals surface area contributed by atoms with Gasteiger partial charge in [-0.3, -0.25) is 9.36 Å². The molecule has 0 spiro atoms. The van der Waals surface area contributed by atoms with E-state index in [1.165, 1.54) is 9.13 Å². The van der Waals surface area contributed by atoms with E-state index in [2.05, 4.69) is 11.4 Å². The van der Waals surface area contributed by atoms with Gasteiger partial charge in [-0.25, -0.2) is 0 Å². The van der Waals surface area contributed by atoms with Crippen LogP contribution in [0.25, 0.3) is 11.4 Å². The van der Waals surface area contributed by atoms with Crippen LogP contribution in [-0.4, -0.2) is 29.9 Å². The van der Waals surface area contributed by atoms with E-state index in [1.54, 1.807) is 62.8 Å². The van der Waals surface area contributed by atoms with Crippen LogP contribution in [-0.2, 0) is 6.42 Å². The fraction of sp³-hybridized carbons (Fsp3) is 0.185. The highest BCUT2D eigenvalue weighted by molar-refractivity contribution is 7.71. The smallest absolute Gasteiger partial charge is 0.267 e. The molecule has 0 radical (unpaired) electrons. The molecule has 7 nitrogen and oxygen atoms in total. The third kappa shape index (κ3) is 4.00. The van der Waals surface area contributed by atoms with Gasteiger partial charge in [0.15, 0.2) is 4.77 Å². The van der Waals surface area contributed by atoms with E-state index in [4.69, 9.17) is 21.7 Å². The molecule has 178 valence electrons. The van der Waals surface area contributed by atoms with Gasteiger partial charge in [0.25, 0.3) is 5.56 Å². The predicted molar refractivity (Wildman–Crippen MR) is 134 cm³/mol. The summed E-state index contributed by atoms with van der Waals surface area (Å²) in [6, 6.07) is 21.7. The van der Waals surface area contributed by atoms with Crippen LogP contribution in [0.5, 0.6) is 17.4 Å². The second kappa shape index (κ2) is 9.40. The van der Waals surface area contributed by atoms with Crippen molar-refractivity contribution in [3.05, 3.63) is 105 Å². The molecule has 0 saturated carbocycles. The molecule has 1 atom stereocenters. The van der Waals surface area contributed by atoms with E-state index in [1.807, 2.05) is 18.2 Å². The van der Waals surface area contributed by atoms with Crippen molar-refractivity contribution in [2.75, 3.05) is 20.8 Å². The molecule has 2 heterocycles. The molecule has 1 unspecified atom stereocenters. The molecule has 0 bridgehead atoms. The number of methoxy groups -OCH3 is 2. The zero-order chi connectivity index (χ0) is 24.5. The van der Waals surface area contributed by atoms with Crippen LogP contribution >= 0.6 is 12.2 Å². The number of nitrogens with zero attached hydrogens (tertiary/aromatic N) is 2. The Morgan fingerprint density at radius 1 is 0.886 bits per heavy atom. The Balaban J connectivity index is 1.81. The van der Waals surface area contributed by atoms with Crippen molar-refractivity contribution < 1.29 is 19.9 Å². The lowest BCUT2D eigenvalue weighted by Gasteiger charge is -2.30. The molecule has 0 saturated heterocycles. The zero-order valence-corrected chi connectivity index (χ0v) is 20.2. The maximum absolute atomic E-state index is 14.0. The van der Waals surface area contributed by atoms with E-state index in [9.17, 15) is 9.90 Å². The molecule has 35 heavy (non-hydrogen) atoms. The highest BCUT2D eigenvalue weighted by Crippen LogP contribution is 2.30. The number of benzene rings is 3. The monoisotopic (exact) mass is 487 g/mol. The van der Waals surface area contributed by atoms with Gasteiger partial charge in [0.2, 0.25) is 0 Å². The molecule has 4 aromatic rings. The number of hydrogen-bond donors (Lipinski definition) is 1. The predicted octanol–water partition coefficient (Wildman–Crippen LogP) is 2.66. The third-order valence-corrected chi connectivity index (χ3v) is 6.79. The molecule has 2 N–H and O–H groups in total. The number of ether oxygens (including phenoxy) is 2. The van der Waals surface area contributed by atoms with Crippen molar-refractivity contribution in [2.45, 2.75) is 12.5 Å². The van der Waals surface area contributed by atoms with Crippen LogP contribution in [0.4, 0.5) is 0 Å². The number of nitrogens with two attached hydrogens (primary N) is 1. The SMILES string of the molecule is COc1ccc(-n2c([O-])c(C3[NH2+]CCc4ccccc43)c(=O)n(-c3ccc(OC)cc3)c2=S)cc1.